The summed E-state index contributed by atoms with van der Waals surface area (Å²) < 4.78 is 1.76. The lowest BCUT2D eigenvalue weighted by Crippen LogP contribution is -2.32. The molecule has 0 radical (unpaired) electrons. The molecule has 23 heavy (non-hydrogen) atoms. The van der Waals surface area contributed by atoms with E-state index in [0.717, 1.165) is 24.3 Å². The molecular formula is C18H26N4O. The van der Waals surface area contributed by atoms with Crippen molar-refractivity contribution in [3.63, 3.8) is 0 Å². The molecule has 2 rings (SSSR count). The van der Waals surface area contributed by atoms with Crippen LogP contribution < -0.4 is 5.32 Å². The van der Waals surface area contributed by atoms with Gasteiger partial charge in [0.25, 0.3) is 5.91 Å². The molecular weight excluding hydrogens is 288 g/mol. The van der Waals surface area contributed by atoms with E-state index in [2.05, 4.69) is 36.2 Å². The molecule has 0 saturated heterocycles. The average Bonchev–Trinajstić information content (AvgIpc) is 3.00. The highest BCUT2D eigenvalue weighted by atomic mass is 16.1. The number of carbonyl (C=O) groups is 1. The van der Waals surface area contributed by atoms with Crippen LogP contribution in [0, 0.1) is 5.92 Å². The summed E-state index contributed by atoms with van der Waals surface area (Å²) in [6.07, 6.45) is 6.57. The van der Waals surface area contributed by atoms with Gasteiger partial charge in [-0.1, -0.05) is 38.8 Å². The molecule has 5 nitrogen and oxygen atoms in total. The largest absolute Gasteiger partial charge is 0.350 e. The van der Waals surface area contributed by atoms with Crippen LogP contribution in [0.2, 0.25) is 0 Å². The molecule has 0 aliphatic carbocycles. The van der Waals surface area contributed by atoms with Gasteiger partial charge in [-0.3, -0.25) is 4.79 Å². The molecule has 0 bridgehead atoms. The summed E-state index contributed by atoms with van der Waals surface area (Å²) in [5, 5.41) is 7.14. The van der Waals surface area contributed by atoms with E-state index < -0.39 is 0 Å². The molecule has 1 amide bonds. The zero-order valence-electron chi connectivity index (χ0n) is 14.2. The van der Waals surface area contributed by atoms with Crippen molar-refractivity contribution in [1.82, 2.24) is 20.1 Å². The number of hydrogen-bond acceptors (Lipinski definition) is 3. The maximum atomic E-state index is 12.2. The number of aromatic nitrogens is 3. The molecule has 124 valence electrons. The Kier molecular flexibility index (Phi) is 6.32. The number of amides is 1. The second kappa shape index (κ2) is 8.46. The average molecular weight is 314 g/mol. The van der Waals surface area contributed by atoms with Crippen molar-refractivity contribution >= 4 is 5.91 Å². The summed E-state index contributed by atoms with van der Waals surface area (Å²) in [6, 6.07) is 7.85. The monoisotopic (exact) mass is 314 g/mol. The summed E-state index contributed by atoms with van der Waals surface area (Å²) in [5.74, 6) is 0.713. The SMILES string of the molecule is CC(C)CCCC(C)NC(=O)c1ccc(Cn2cncn2)cc1. The van der Waals surface area contributed by atoms with Crippen molar-refractivity contribution in [2.75, 3.05) is 0 Å². The fraction of sp³-hybridized carbons (Fsp3) is 0.500. The predicted octanol–water partition coefficient (Wildman–Crippen LogP) is 3.27. The third-order valence-electron chi connectivity index (χ3n) is 3.82. The van der Waals surface area contributed by atoms with Gasteiger partial charge in [-0.2, -0.15) is 5.10 Å². The Bertz CT molecular complexity index is 590. The molecule has 1 unspecified atom stereocenters. The van der Waals surface area contributed by atoms with E-state index in [1.807, 2.05) is 24.3 Å². The number of hydrogen-bond donors (Lipinski definition) is 1. The molecule has 0 aliphatic heterocycles. The Balaban J connectivity index is 1.82. The highest BCUT2D eigenvalue weighted by Crippen LogP contribution is 2.10. The van der Waals surface area contributed by atoms with E-state index in [1.165, 1.54) is 12.7 Å². The van der Waals surface area contributed by atoms with Gasteiger partial charge < -0.3 is 5.32 Å². The first-order valence-corrected chi connectivity index (χ1v) is 8.27. The minimum Gasteiger partial charge on any atom is -0.350 e. The number of carbonyl (C=O) groups excluding carboxylic acids is 1. The van der Waals surface area contributed by atoms with Crippen LogP contribution in [-0.4, -0.2) is 26.7 Å². The van der Waals surface area contributed by atoms with Crippen LogP contribution in [0.5, 0.6) is 0 Å². The summed E-state index contributed by atoms with van der Waals surface area (Å²) in [7, 11) is 0. The van der Waals surface area contributed by atoms with Gasteiger partial charge in [0.15, 0.2) is 0 Å². The second-order valence-corrected chi connectivity index (χ2v) is 6.49. The van der Waals surface area contributed by atoms with Crippen LogP contribution in [0.3, 0.4) is 0 Å². The lowest BCUT2D eigenvalue weighted by atomic mass is 10.0. The van der Waals surface area contributed by atoms with Gasteiger partial charge in [0.2, 0.25) is 0 Å². The minimum atomic E-state index is -0.00523. The molecule has 1 aromatic carbocycles. The van der Waals surface area contributed by atoms with E-state index in [1.54, 1.807) is 11.0 Å². The molecule has 1 atom stereocenters. The third kappa shape index (κ3) is 5.85. The molecule has 1 heterocycles. The molecule has 0 saturated carbocycles. The van der Waals surface area contributed by atoms with Crippen molar-refractivity contribution in [2.24, 2.45) is 5.92 Å². The quantitative estimate of drug-likeness (QED) is 0.813. The Morgan fingerprint density at radius 2 is 1.91 bits per heavy atom. The van der Waals surface area contributed by atoms with Crippen molar-refractivity contribution in [2.45, 2.75) is 52.6 Å². The van der Waals surface area contributed by atoms with Gasteiger partial charge in [-0.25, -0.2) is 9.67 Å². The molecule has 1 aromatic heterocycles. The third-order valence-corrected chi connectivity index (χ3v) is 3.82. The van der Waals surface area contributed by atoms with E-state index in [0.29, 0.717) is 12.1 Å². The molecule has 0 fully saturated rings. The van der Waals surface area contributed by atoms with Gasteiger partial charge in [0, 0.05) is 11.6 Å². The predicted molar refractivity (Wildman–Crippen MR) is 91.2 cm³/mol. The lowest BCUT2D eigenvalue weighted by molar-refractivity contribution is 0.0938. The maximum Gasteiger partial charge on any atom is 0.251 e. The lowest BCUT2D eigenvalue weighted by Gasteiger charge is -2.14. The first kappa shape index (κ1) is 17.2. The van der Waals surface area contributed by atoms with E-state index >= 15 is 0 Å². The van der Waals surface area contributed by atoms with Gasteiger partial charge >= 0.3 is 0 Å². The van der Waals surface area contributed by atoms with E-state index in [-0.39, 0.29) is 11.9 Å². The van der Waals surface area contributed by atoms with Crippen LogP contribution in [0.4, 0.5) is 0 Å². The number of nitrogens with one attached hydrogen (secondary N) is 1. The van der Waals surface area contributed by atoms with E-state index in [4.69, 9.17) is 0 Å². The summed E-state index contributed by atoms with van der Waals surface area (Å²) in [6.45, 7) is 7.18. The van der Waals surface area contributed by atoms with Crippen LogP contribution in [0.15, 0.2) is 36.9 Å². The van der Waals surface area contributed by atoms with Crippen molar-refractivity contribution in [1.29, 1.82) is 0 Å². The molecule has 0 spiro atoms. The van der Waals surface area contributed by atoms with Crippen molar-refractivity contribution in [3.05, 3.63) is 48.0 Å². The van der Waals surface area contributed by atoms with Gasteiger partial charge in [-0.05, 0) is 37.0 Å². The zero-order valence-corrected chi connectivity index (χ0v) is 14.2. The molecule has 1 N–H and O–H groups in total. The Labute approximate surface area is 138 Å². The number of benzene rings is 1. The topological polar surface area (TPSA) is 59.8 Å². The standard InChI is InChI=1S/C18H26N4O/c1-14(2)5-4-6-15(3)21-18(23)17-9-7-16(8-10-17)11-22-13-19-12-20-22/h7-10,12-15H,4-6,11H2,1-3H3,(H,21,23). The highest BCUT2D eigenvalue weighted by molar-refractivity contribution is 5.94. The first-order chi connectivity index (χ1) is 11.0. The first-order valence-electron chi connectivity index (χ1n) is 8.27. The van der Waals surface area contributed by atoms with Crippen LogP contribution >= 0.6 is 0 Å². The Hall–Kier alpha value is -2.17. The summed E-state index contributed by atoms with van der Waals surface area (Å²) in [5.41, 5.74) is 1.79. The smallest absolute Gasteiger partial charge is 0.251 e. The minimum absolute atomic E-state index is 0.00523. The maximum absolute atomic E-state index is 12.2. The zero-order chi connectivity index (χ0) is 16.7. The van der Waals surface area contributed by atoms with E-state index in [9.17, 15) is 4.79 Å². The number of rotatable bonds is 8. The van der Waals surface area contributed by atoms with Crippen LogP contribution in [-0.2, 0) is 6.54 Å². The van der Waals surface area contributed by atoms with Crippen molar-refractivity contribution < 1.29 is 4.79 Å². The fourth-order valence-corrected chi connectivity index (χ4v) is 2.47. The van der Waals surface area contributed by atoms with Crippen LogP contribution in [0.1, 0.15) is 56.0 Å². The fourth-order valence-electron chi connectivity index (χ4n) is 2.47. The summed E-state index contributed by atoms with van der Waals surface area (Å²) >= 11 is 0. The number of nitrogens with zero attached hydrogens (tertiary/aromatic N) is 3. The molecule has 2 aromatic rings. The summed E-state index contributed by atoms with van der Waals surface area (Å²) in [4.78, 5) is 16.2. The van der Waals surface area contributed by atoms with Gasteiger partial charge in [0.05, 0.1) is 6.54 Å². The Morgan fingerprint density at radius 3 is 2.52 bits per heavy atom. The molecule has 0 aliphatic rings. The van der Waals surface area contributed by atoms with Gasteiger partial charge in [-0.15, -0.1) is 0 Å². The Morgan fingerprint density at radius 1 is 1.17 bits per heavy atom. The van der Waals surface area contributed by atoms with Crippen LogP contribution in [0.25, 0.3) is 0 Å². The second-order valence-electron chi connectivity index (χ2n) is 6.49. The van der Waals surface area contributed by atoms with Gasteiger partial charge in [0.1, 0.15) is 12.7 Å². The highest BCUT2D eigenvalue weighted by Gasteiger charge is 2.10. The molecule has 5 heteroatoms. The normalized spacial score (nSPS) is 12.3. The van der Waals surface area contributed by atoms with Crippen molar-refractivity contribution in [3.8, 4) is 0 Å².